The van der Waals surface area contributed by atoms with E-state index in [0.717, 1.165) is 17.1 Å². The van der Waals surface area contributed by atoms with Crippen LogP contribution in [0.15, 0.2) is 205 Å². The Morgan fingerprint density at radius 1 is 0.393 bits per heavy atom. The van der Waals surface area contributed by atoms with Gasteiger partial charge in [-0.25, -0.2) is 4.90 Å². The number of para-hydroxylation sites is 3. The van der Waals surface area contributed by atoms with Gasteiger partial charge in [0.1, 0.15) is 5.69 Å². The maximum absolute atomic E-state index is 5.26. The molecule has 0 fully saturated rings. The van der Waals surface area contributed by atoms with E-state index in [9.17, 15) is 0 Å². The summed E-state index contributed by atoms with van der Waals surface area (Å²) in [6, 6.07) is 72.9. The van der Waals surface area contributed by atoms with Crippen molar-refractivity contribution in [1.29, 1.82) is 0 Å². The molecule has 0 radical (unpaired) electrons. The summed E-state index contributed by atoms with van der Waals surface area (Å²) >= 11 is 0. The molecule has 9 aromatic carbocycles. The number of hydrogen-bond acceptors (Lipinski definition) is 1. The van der Waals surface area contributed by atoms with Gasteiger partial charge in [-0.3, -0.25) is 0 Å². The molecule has 56 heavy (non-hydrogen) atoms. The van der Waals surface area contributed by atoms with Crippen molar-refractivity contribution in [2.75, 3.05) is 0 Å². The van der Waals surface area contributed by atoms with Crippen LogP contribution in [0.4, 0.5) is 5.69 Å². The molecule has 2 atom stereocenters. The van der Waals surface area contributed by atoms with E-state index < -0.39 is 0 Å². The zero-order valence-corrected chi connectivity index (χ0v) is 30.5. The number of amidine groups is 1. The first-order valence-electron chi connectivity index (χ1n) is 19.3. The molecule has 2 unspecified atom stereocenters. The highest BCUT2D eigenvalue weighted by atomic mass is 15.4. The second kappa shape index (κ2) is 12.1. The van der Waals surface area contributed by atoms with E-state index in [1.807, 2.05) is 0 Å². The summed E-state index contributed by atoms with van der Waals surface area (Å²) in [4.78, 5) is 6.54. The molecule has 3 heterocycles. The minimum Gasteiger partial charge on any atom is -0.309 e. The van der Waals surface area contributed by atoms with Crippen molar-refractivity contribution in [2.45, 2.75) is 6.17 Å². The first-order chi connectivity index (χ1) is 27.8. The molecule has 0 amide bonds. The highest BCUT2D eigenvalue weighted by Gasteiger charge is 2.41. The predicted molar refractivity (Wildman–Crippen MR) is 233 cm³/mol. The minimum atomic E-state index is -0.0400. The third-order valence-corrected chi connectivity index (χ3v) is 11.8. The number of benzene rings is 9. The average Bonchev–Trinajstić information content (AvgIpc) is 3.75. The molecular weight excluding hydrogens is 681 g/mol. The molecule has 4 heteroatoms. The van der Waals surface area contributed by atoms with Crippen LogP contribution in [0.1, 0.15) is 17.3 Å². The predicted octanol–water partition coefficient (Wildman–Crippen LogP) is 11.9. The van der Waals surface area contributed by atoms with E-state index in [1.54, 1.807) is 0 Å². The second-order valence-corrected chi connectivity index (χ2v) is 14.9. The number of fused-ring (bicyclic) bond motifs is 8. The molecule has 1 aliphatic heterocycles. The molecule has 0 bridgehead atoms. The van der Waals surface area contributed by atoms with Crippen molar-refractivity contribution < 1.29 is 4.90 Å². The zero-order chi connectivity index (χ0) is 36.7. The summed E-state index contributed by atoms with van der Waals surface area (Å²) in [5.74, 6) is 1.07. The first-order valence-corrected chi connectivity index (χ1v) is 19.3. The monoisotopic (exact) mass is 715 g/mol. The third-order valence-electron chi connectivity index (χ3n) is 11.8. The topological polar surface area (TPSA) is 26.7 Å². The second-order valence-electron chi connectivity index (χ2n) is 14.9. The molecule has 1 N–H and O–H groups in total. The standard InChI is InChI=1S/C52H34N4/c1-2-14-35(15-3-1)51-53-52(55(51)40-30-25-34-13-4-5-16-37(34)31-40)36-26-28-39(29-27-36)54-46-21-9-8-20-43(46)45-33-44-38(32-50(45)54)17-12-24-49(44)56-47-22-10-6-18-41(47)42-19-7-11-23-48(42)56/h1-33,52H/p+1. The average molecular weight is 716 g/mol. The molecule has 0 aliphatic carbocycles. The van der Waals surface area contributed by atoms with Crippen LogP contribution in [-0.2, 0) is 0 Å². The van der Waals surface area contributed by atoms with Crippen molar-refractivity contribution in [3.05, 3.63) is 211 Å². The molecule has 11 aromatic rings. The number of hydrogen-bond donors (Lipinski definition) is 1. The molecule has 0 saturated heterocycles. The number of rotatable bonds is 5. The molecule has 12 rings (SSSR count). The Morgan fingerprint density at radius 2 is 1.00 bits per heavy atom. The van der Waals surface area contributed by atoms with Gasteiger partial charge < -0.3 is 9.13 Å². The minimum absolute atomic E-state index is 0.0400. The Hall–Kier alpha value is -7.27. The lowest BCUT2D eigenvalue weighted by Gasteiger charge is -2.34. The summed E-state index contributed by atoms with van der Waals surface area (Å²) < 4.78 is 4.86. The SMILES string of the molecule is c1ccc(C2=NC(c3ccc(-n4c5ccccc5c5cc6c(-n7c8ccccc8c8ccccc87)cccc6cc54)cc3)[NH+]2c2ccc3ccccc3c2)cc1. The maximum Gasteiger partial charge on any atom is 0.241 e. The Labute approximate surface area is 323 Å². The van der Waals surface area contributed by atoms with E-state index in [1.165, 1.54) is 87.0 Å². The van der Waals surface area contributed by atoms with Gasteiger partial charge in [0.25, 0.3) is 0 Å². The number of aliphatic imine (C=N–C) groups is 1. The van der Waals surface area contributed by atoms with E-state index in [2.05, 4.69) is 209 Å². The van der Waals surface area contributed by atoms with Gasteiger partial charge in [-0.1, -0.05) is 109 Å². The Balaban J connectivity index is 0.994. The van der Waals surface area contributed by atoms with Crippen molar-refractivity contribution >= 4 is 76.7 Å². The Bertz CT molecular complexity index is 3320. The summed E-state index contributed by atoms with van der Waals surface area (Å²) in [5, 5.41) is 9.97. The van der Waals surface area contributed by atoms with Crippen LogP contribution in [0.2, 0.25) is 0 Å². The van der Waals surface area contributed by atoms with Gasteiger partial charge in [0.05, 0.1) is 33.3 Å². The van der Waals surface area contributed by atoms with Crippen molar-refractivity contribution in [3.63, 3.8) is 0 Å². The fourth-order valence-electron chi connectivity index (χ4n) is 9.23. The van der Waals surface area contributed by atoms with Crippen molar-refractivity contribution in [2.24, 2.45) is 4.99 Å². The largest absolute Gasteiger partial charge is 0.309 e. The number of quaternary nitrogens is 1. The van der Waals surface area contributed by atoms with E-state index in [-0.39, 0.29) is 6.17 Å². The van der Waals surface area contributed by atoms with Crippen LogP contribution in [0.25, 0.3) is 76.5 Å². The molecule has 262 valence electrons. The van der Waals surface area contributed by atoms with Crippen LogP contribution in [0.3, 0.4) is 0 Å². The van der Waals surface area contributed by atoms with Gasteiger partial charge in [0.15, 0.2) is 0 Å². The quantitative estimate of drug-likeness (QED) is 0.184. The van der Waals surface area contributed by atoms with Gasteiger partial charge in [0, 0.05) is 50.3 Å². The first kappa shape index (κ1) is 31.1. The van der Waals surface area contributed by atoms with Gasteiger partial charge in [-0.05, 0) is 95.0 Å². The Kier molecular flexibility index (Phi) is 6.74. The van der Waals surface area contributed by atoms with Crippen LogP contribution in [0.5, 0.6) is 0 Å². The molecule has 4 nitrogen and oxygen atoms in total. The van der Waals surface area contributed by atoms with Crippen molar-refractivity contribution in [1.82, 2.24) is 9.13 Å². The lowest BCUT2D eigenvalue weighted by molar-refractivity contribution is -0.792. The van der Waals surface area contributed by atoms with Crippen LogP contribution in [0, 0.1) is 0 Å². The fraction of sp³-hybridized carbons (Fsp3) is 0.0192. The normalized spacial score (nSPS) is 15.6. The lowest BCUT2D eigenvalue weighted by Crippen LogP contribution is -3.14. The van der Waals surface area contributed by atoms with Gasteiger partial charge in [-0.2, -0.15) is 4.99 Å². The maximum atomic E-state index is 5.26. The summed E-state index contributed by atoms with van der Waals surface area (Å²) in [7, 11) is 0. The summed E-state index contributed by atoms with van der Waals surface area (Å²) in [6.07, 6.45) is -0.0400. The fourth-order valence-corrected chi connectivity index (χ4v) is 9.23. The number of nitrogens with zero attached hydrogens (tertiary/aromatic N) is 3. The smallest absolute Gasteiger partial charge is 0.241 e. The van der Waals surface area contributed by atoms with E-state index in [0.29, 0.717) is 0 Å². The van der Waals surface area contributed by atoms with Gasteiger partial charge in [-0.15, -0.1) is 0 Å². The number of nitrogens with one attached hydrogen (secondary N) is 1. The molecule has 1 aliphatic rings. The van der Waals surface area contributed by atoms with Gasteiger partial charge >= 0.3 is 0 Å². The zero-order valence-electron chi connectivity index (χ0n) is 30.5. The third kappa shape index (κ3) is 4.60. The highest BCUT2D eigenvalue weighted by molar-refractivity contribution is 6.16. The highest BCUT2D eigenvalue weighted by Crippen LogP contribution is 2.39. The molecule has 0 spiro atoms. The van der Waals surface area contributed by atoms with E-state index in [4.69, 9.17) is 4.99 Å². The van der Waals surface area contributed by atoms with Crippen LogP contribution < -0.4 is 4.90 Å². The molecule has 0 saturated carbocycles. The summed E-state index contributed by atoms with van der Waals surface area (Å²) in [5.41, 5.74) is 10.7. The molecule has 2 aromatic heterocycles. The molecular formula is C52H35N4+. The van der Waals surface area contributed by atoms with Crippen LogP contribution in [-0.4, -0.2) is 15.0 Å². The van der Waals surface area contributed by atoms with Crippen molar-refractivity contribution in [3.8, 4) is 11.4 Å². The van der Waals surface area contributed by atoms with Gasteiger partial charge in [0.2, 0.25) is 12.0 Å². The summed E-state index contributed by atoms with van der Waals surface area (Å²) in [6.45, 7) is 0. The number of aromatic nitrogens is 2. The lowest BCUT2D eigenvalue weighted by atomic mass is 10.0. The Morgan fingerprint density at radius 3 is 1.73 bits per heavy atom. The van der Waals surface area contributed by atoms with E-state index >= 15 is 0 Å². The van der Waals surface area contributed by atoms with Crippen LogP contribution >= 0.6 is 0 Å².